The number of hydrogen-bond acceptors (Lipinski definition) is 2. The van der Waals surface area contributed by atoms with E-state index < -0.39 is 6.10 Å². The van der Waals surface area contributed by atoms with Crippen molar-refractivity contribution in [2.45, 2.75) is 25.0 Å². The van der Waals surface area contributed by atoms with Crippen molar-refractivity contribution >= 4 is 21.8 Å². The van der Waals surface area contributed by atoms with Gasteiger partial charge in [0.2, 0.25) is 6.10 Å². The van der Waals surface area contributed by atoms with Crippen molar-refractivity contribution in [2.75, 3.05) is 0 Å². The summed E-state index contributed by atoms with van der Waals surface area (Å²) in [6, 6.07) is 13.7. The lowest BCUT2D eigenvalue weighted by Crippen LogP contribution is -2.33. The van der Waals surface area contributed by atoms with Gasteiger partial charge < -0.3 is 10.1 Å². The molecule has 0 radical (unpaired) electrons. The number of benzene rings is 2. The van der Waals surface area contributed by atoms with Crippen molar-refractivity contribution in [3.63, 3.8) is 0 Å². The molecule has 1 N–H and O–H groups in total. The van der Waals surface area contributed by atoms with Gasteiger partial charge in [0.25, 0.3) is 5.91 Å². The zero-order chi connectivity index (χ0) is 15.5. The lowest BCUT2D eigenvalue weighted by molar-refractivity contribution is -0.128. The van der Waals surface area contributed by atoms with E-state index in [1.54, 1.807) is 0 Å². The van der Waals surface area contributed by atoms with Crippen LogP contribution in [0, 0.1) is 5.82 Å². The van der Waals surface area contributed by atoms with Gasteiger partial charge in [-0.1, -0.05) is 30.3 Å². The molecular weight excluding hydrogens is 349 g/mol. The topological polar surface area (TPSA) is 38.3 Å². The van der Waals surface area contributed by atoms with E-state index in [0.717, 1.165) is 18.4 Å². The van der Waals surface area contributed by atoms with E-state index in [1.807, 2.05) is 30.3 Å². The summed E-state index contributed by atoms with van der Waals surface area (Å²) in [6.07, 6.45) is 1.25. The van der Waals surface area contributed by atoms with Gasteiger partial charge in [-0.25, -0.2) is 4.39 Å². The number of amides is 1. The summed E-state index contributed by atoms with van der Waals surface area (Å²) in [7, 11) is 0. The summed E-state index contributed by atoms with van der Waals surface area (Å²) in [5.41, 5.74) is 0.761. The molecule has 3 nitrogen and oxygen atoms in total. The number of carbonyl (C=O) groups excluding carboxylic acids is 1. The van der Waals surface area contributed by atoms with Crippen LogP contribution in [0.3, 0.4) is 0 Å². The van der Waals surface area contributed by atoms with E-state index in [9.17, 15) is 9.18 Å². The molecule has 22 heavy (non-hydrogen) atoms. The zero-order valence-electron chi connectivity index (χ0n) is 11.8. The van der Waals surface area contributed by atoms with Crippen LogP contribution in [0.15, 0.2) is 53.0 Å². The molecule has 2 aromatic rings. The molecule has 0 saturated heterocycles. The Balaban J connectivity index is 1.85. The van der Waals surface area contributed by atoms with Gasteiger partial charge in [-0.15, -0.1) is 0 Å². The fourth-order valence-corrected chi connectivity index (χ4v) is 2.55. The molecule has 0 bridgehead atoms. The summed E-state index contributed by atoms with van der Waals surface area (Å²) in [6.45, 7) is 0. The van der Waals surface area contributed by atoms with Gasteiger partial charge >= 0.3 is 0 Å². The van der Waals surface area contributed by atoms with Crippen LogP contribution in [0.25, 0.3) is 0 Å². The third-order valence-corrected chi connectivity index (χ3v) is 4.02. The Hall–Kier alpha value is -1.88. The summed E-state index contributed by atoms with van der Waals surface area (Å²) in [5.74, 6) is -0.107. The van der Waals surface area contributed by atoms with Crippen LogP contribution in [-0.2, 0) is 4.79 Å². The second-order valence-electron chi connectivity index (χ2n) is 5.27. The van der Waals surface area contributed by atoms with E-state index in [0.29, 0.717) is 10.2 Å². The number of rotatable bonds is 5. The fourth-order valence-electron chi connectivity index (χ4n) is 2.10. The first-order valence-corrected chi connectivity index (χ1v) is 7.90. The molecule has 114 valence electrons. The van der Waals surface area contributed by atoms with Gasteiger partial charge in [-0.05, 0) is 47.0 Å². The molecule has 2 aromatic carbocycles. The molecule has 5 heteroatoms. The van der Waals surface area contributed by atoms with Gasteiger partial charge in [-0.3, -0.25) is 4.79 Å². The third-order valence-electron chi connectivity index (χ3n) is 3.40. The minimum atomic E-state index is -0.761. The smallest absolute Gasteiger partial charge is 0.266 e. The largest absolute Gasteiger partial charge is 0.475 e. The molecule has 1 aliphatic carbocycles. The standard InChI is InChI=1S/C17H15BrFNO2/c18-14-10-12(19)6-9-15(14)22-16(11-4-2-1-3-5-11)17(21)20-13-7-8-13/h1-6,9-10,13,16H,7-8H2,(H,20,21)/t16-/m0/s1. The van der Waals surface area contributed by atoms with Crippen molar-refractivity contribution < 1.29 is 13.9 Å². The van der Waals surface area contributed by atoms with Crippen LogP contribution in [-0.4, -0.2) is 11.9 Å². The Kier molecular flexibility index (Phi) is 4.43. The predicted molar refractivity (Wildman–Crippen MR) is 85.1 cm³/mol. The molecule has 0 spiro atoms. The second-order valence-corrected chi connectivity index (χ2v) is 6.12. The van der Waals surface area contributed by atoms with E-state index in [2.05, 4.69) is 21.2 Å². The monoisotopic (exact) mass is 363 g/mol. The van der Waals surface area contributed by atoms with Crippen LogP contribution in [0.1, 0.15) is 24.5 Å². The van der Waals surface area contributed by atoms with Crippen molar-refractivity contribution in [3.05, 3.63) is 64.4 Å². The molecule has 1 aliphatic rings. The van der Waals surface area contributed by atoms with E-state index in [4.69, 9.17) is 4.74 Å². The van der Waals surface area contributed by atoms with Crippen LogP contribution in [0.5, 0.6) is 5.75 Å². The minimum absolute atomic E-state index is 0.176. The van der Waals surface area contributed by atoms with Crippen LogP contribution in [0.4, 0.5) is 4.39 Å². The predicted octanol–water partition coefficient (Wildman–Crippen LogP) is 3.99. The average Bonchev–Trinajstić information content (AvgIpc) is 3.31. The Bertz CT molecular complexity index is 674. The average molecular weight is 364 g/mol. The number of ether oxygens (including phenoxy) is 1. The number of hydrogen-bond donors (Lipinski definition) is 1. The Morgan fingerprint density at radius 3 is 2.59 bits per heavy atom. The van der Waals surface area contributed by atoms with E-state index >= 15 is 0 Å². The number of carbonyl (C=O) groups is 1. The van der Waals surface area contributed by atoms with Crippen LogP contribution in [0.2, 0.25) is 0 Å². The summed E-state index contributed by atoms with van der Waals surface area (Å²) in [5, 5.41) is 2.95. The summed E-state index contributed by atoms with van der Waals surface area (Å²) >= 11 is 3.26. The zero-order valence-corrected chi connectivity index (χ0v) is 13.3. The van der Waals surface area contributed by atoms with Crippen molar-refractivity contribution in [3.8, 4) is 5.75 Å². The highest BCUT2D eigenvalue weighted by atomic mass is 79.9. The number of nitrogens with one attached hydrogen (secondary N) is 1. The SMILES string of the molecule is O=C(NC1CC1)[C@@H](Oc1ccc(F)cc1Br)c1ccccc1. The number of halogens is 2. The Morgan fingerprint density at radius 1 is 1.23 bits per heavy atom. The first-order valence-electron chi connectivity index (χ1n) is 7.10. The lowest BCUT2D eigenvalue weighted by Gasteiger charge is -2.20. The quantitative estimate of drug-likeness (QED) is 0.872. The minimum Gasteiger partial charge on any atom is -0.475 e. The maximum Gasteiger partial charge on any atom is 0.266 e. The molecule has 1 atom stereocenters. The normalized spacial score (nSPS) is 15.2. The van der Waals surface area contributed by atoms with Crippen LogP contribution < -0.4 is 10.1 Å². The van der Waals surface area contributed by atoms with Gasteiger partial charge in [0.15, 0.2) is 0 Å². The van der Waals surface area contributed by atoms with Gasteiger partial charge in [0.1, 0.15) is 11.6 Å². The summed E-state index contributed by atoms with van der Waals surface area (Å²) in [4.78, 5) is 12.5. The molecule has 0 aromatic heterocycles. The van der Waals surface area contributed by atoms with Crippen molar-refractivity contribution in [2.24, 2.45) is 0 Å². The third kappa shape index (κ3) is 3.65. The van der Waals surface area contributed by atoms with Gasteiger partial charge in [0.05, 0.1) is 4.47 Å². The molecular formula is C17H15BrFNO2. The maximum absolute atomic E-state index is 13.2. The molecule has 3 rings (SSSR count). The van der Waals surface area contributed by atoms with E-state index in [1.165, 1.54) is 18.2 Å². The highest BCUT2D eigenvalue weighted by Gasteiger charge is 2.30. The van der Waals surface area contributed by atoms with E-state index in [-0.39, 0.29) is 17.8 Å². The van der Waals surface area contributed by atoms with Crippen LogP contribution >= 0.6 is 15.9 Å². The first-order chi connectivity index (χ1) is 10.6. The lowest BCUT2D eigenvalue weighted by atomic mass is 10.1. The maximum atomic E-state index is 13.2. The van der Waals surface area contributed by atoms with Gasteiger partial charge in [-0.2, -0.15) is 0 Å². The molecule has 0 aliphatic heterocycles. The van der Waals surface area contributed by atoms with Crippen molar-refractivity contribution in [1.29, 1.82) is 0 Å². The Labute approximate surface area is 136 Å². The summed E-state index contributed by atoms with van der Waals surface area (Å²) < 4.78 is 19.5. The highest BCUT2D eigenvalue weighted by Crippen LogP contribution is 2.31. The van der Waals surface area contributed by atoms with Crippen molar-refractivity contribution in [1.82, 2.24) is 5.32 Å². The molecule has 0 unspecified atom stereocenters. The first kappa shape index (κ1) is 15.0. The fraction of sp³-hybridized carbons (Fsp3) is 0.235. The molecule has 1 saturated carbocycles. The van der Waals surface area contributed by atoms with Gasteiger partial charge in [0, 0.05) is 11.6 Å². The highest BCUT2D eigenvalue weighted by molar-refractivity contribution is 9.10. The Morgan fingerprint density at radius 2 is 1.95 bits per heavy atom. The molecule has 0 heterocycles. The molecule has 1 fully saturated rings. The second kappa shape index (κ2) is 6.48. The molecule has 1 amide bonds.